The second kappa shape index (κ2) is 11.0. The molecule has 0 aliphatic heterocycles. The fourth-order valence-corrected chi connectivity index (χ4v) is 4.31. The average Bonchev–Trinajstić information content (AvgIpc) is 2.76. The van der Waals surface area contributed by atoms with Crippen LogP contribution in [0, 0.1) is 0 Å². The van der Waals surface area contributed by atoms with E-state index in [4.69, 9.17) is 23.2 Å². The van der Waals surface area contributed by atoms with Gasteiger partial charge in [0.2, 0.25) is 21.8 Å². The topological polar surface area (TPSA) is 86.8 Å². The summed E-state index contributed by atoms with van der Waals surface area (Å²) >= 11 is 12.1. The number of benzene rings is 2. The first-order valence-electron chi connectivity index (χ1n) is 9.99. The molecular weight excluding hydrogens is 473 g/mol. The van der Waals surface area contributed by atoms with Crippen LogP contribution in [0.2, 0.25) is 10.0 Å². The van der Waals surface area contributed by atoms with Gasteiger partial charge in [-0.1, -0.05) is 48.3 Å². The molecule has 0 heterocycles. The van der Waals surface area contributed by atoms with Gasteiger partial charge in [-0.15, -0.1) is 0 Å². The van der Waals surface area contributed by atoms with Gasteiger partial charge in [0, 0.05) is 13.6 Å². The number of carbonyl (C=O) groups is 2. The van der Waals surface area contributed by atoms with Crippen LogP contribution in [0.25, 0.3) is 0 Å². The molecular formula is C22H27Cl2N3O4S. The van der Waals surface area contributed by atoms with Crippen LogP contribution in [0.3, 0.4) is 0 Å². The van der Waals surface area contributed by atoms with Crippen molar-refractivity contribution >= 4 is 50.7 Å². The number of hydrogen-bond donors (Lipinski definition) is 1. The lowest BCUT2D eigenvalue weighted by molar-refractivity contribution is -0.139. The third kappa shape index (κ3) is 6.60. The summed E-state index contributed by atoms with van der Waals surface area (Å²) in [4.78, 5) is 26.9. The summed E-state index contributed by atoms with van der Waals surface area (Å²) in [6.07, 6.45) is 1.85. The lowest BCUT2D eigenvalue weighted by atomic mass is 10.1. The number of nitrogens with zero attached hydrogens (tertiary/aromatic N) is 2. The van der Waals surface area contributed by atoms with Crippen molar-refractivity contribution in [1.82, 2.24) is 10.2 Å². The molecule has 0 unspecified atom stereocenters. The molecule has 0 aliphatic carbocycles. The van der Waals surface area contributed by atoms with Crippen molar-refractivity contribution in [2.45, 2.75) is 32.9 Å². The monoisotopic (exact) mass is 499 g/mol. The van der Waals surface area contributed by atoms with Crippen LogP contribution in [0.1, 0.15) is 25.0 Å². The highest BCUT2D eigenvalue weighted by Crippen LogP contribution is 2.24. The van der Waals surface area contributed by atoms with Crippen molar-refractivity contribution in [1.29, 1.82) is 0 Å². The van der Waals surface area contributed by atoms with Crippen LogP contribution in [0.15, 0.2) is 42.5 Å². The van der Waals surface area contributed by atoms with Gasteiger partial charge in [0.1, 0.15) is 12.6 Å². The number of likely N-dealkylation sites (N-methyl/N-ethyl adjacent to an activating group) is 1. The summed E-state index contributed by atoms with van der Waals surface area (Å²) in [5.41, 5.74) is 2.07. The minimum atomic E-state index is -3.76. The molecule has 0 fully saturated rings. The van der Waals surface area contributed by atoms with Crippen molar-refractivity contribution in [2.75, 3.05) is 24.2 Å². The zero-order valence-corrected chi connectivity index (χ0v) is 20.8. The zero-order chi connectivity index (χ0) is 24.1. The zero-order valence-electron chi connectivity index (χ0n) is 18.4. The van der Waals surface area contributed by atoms with Gasteiger partial charge < -0.3 is 10.2 Å². The van der Waals surface area contributed by atoms with E-state index in [1.54, 1.807) is 37.3 Å². The molecule has 1 atom stereocenters. The SMILES string of the molecule is CCc1ccc(N(CC(=O)N(Cc2ccc(Cl)c(Cl)c2)[C@H](C)C(=O)NC)S(C)(=O)=O)cc1. The van der Waals surface area contributed by atoms with Crippen LogP contribution in [-0.4, -0.2) is 51.0 Å². The molecule has 174 valence electrons. The molecule has 0 aromatic heterocycles. The quantitative estimate of drug-likeness (QED) is 0.571. The highest BCUT2D eigenvalue weighted by Gasteiger charge is 2.29. The maximum Gasteiger partial charge on any atom is 0.244 e. The Bertz CT molecular complexity index is 1080. The van der Waals surface area contributed by atoms with E-state index in [1.807, 2.05) is 19.1 Å². The highest BCUT2D eigenvalue weighted by atomic mass is 35.5. The molecule has 0 saturated carbocycles. The largest absolute Gasteiger partial charge is 0.357 e. The summed E-state index contributed by atoms with van der Waals surface area (Å²) < 4.78 is 26.0. The van der Waals surface area contributed by atoms with Crippen molar-refractivity contribution < 1.29 is 18.0 Å². The van der Waals surface area contributed by atoms with Crippen LogP contribution in [0.4, 0.5) is 5.69 Å². The standard InChI is InChI=1S/C22H27Cl2N3O4S/c1-5-16-6-9-18(10-7-16)27(32(4,30)31)14-21(28)26(15(2)22(29)25-3)13-17-8-11-19(23)20(24)12-17/h6-12,15H,5,13-14H2,1-4H3,(H,25,29)/t15-/m1/s1. The maximum absolute atomic E-state index is 13.3. The van der Waals surface area contributed by atoms with Gasteiger partial charge in [0.05, 0.1) is 22.0 Å². The molecule has 2 aromatic rings. The molecule has 2 rings (SSSR count). The molecule has 0 spiro atoms. The van der Waals surface area contributed by atoms with Crippen LogP contribution >= 0.6 is 23.2 Å². The Morgan fingerprint density at radius 1 is 1.03 bits per heavy atom. The molecule has 0 saturated heterocycles. The van der Waals surface area contributed by atoms with Gasteiger partial charge in [-0.2, -0.15) is 0 Å². The van der Waals surface area contributed by atoms with Gasteiger partial charge in [0.25, 0.3) is 0 Å². The van der Waals surface area contributed by atoms with Gasteiger partial charge in [-0.3, -0.25) is 13.9 Å². The number of rotatable bonds is 9. The number of nitrogens with one attached hydrogen (secondary N) is 1. The molecule has 2 aromatic carbocycles. The minimum Gasteiger partial charge on any atom is -0.357 e. The molecule has 10 heteroatoms. The smallest absolute Gasteiger partial charge is 0.244 e. The van der Waals surface area contributed by atoms with E-state index in [9.17, 15) is 18.0 Å². The number of sulfonamides is 1. The summed E-state index contributed by atoms with van der Waals surface area (Å²) in [6.45, 7) is 3.17. The first-order chi connectivity index (χ1) is 15.0. The van der Waals surface area contributed by atoms with E-state index in [0.717, 1.165) is 22.5 Å². The third-order valence-electron chi connectivity index (χ3n) is 5.06. The third-order valence-corrected chi connectivity index (χ3v) is 6.94. The van der Waals surface area contributed by atoms with E-state index < -0.39 is 28.5 Å². The normalized spacial score (nSPS) is 12.2. The van der Waals surface area contributed by atoms with Gasteiger partial charge >= 0.3 is 0 Å². The summed E-state index contributed by atoms with van der Waals surface area (Å²) in [6, 6.07) is 11.0. The van der Waals surface area contributed by atoms with E-state index in [-0.39, 0.29) is 12.5 Å². The number of hydrogen-bond acceptors (Lipinski definition) is 4. The number of aryl methyl sites for hydroxylation is 1. The van der Waals surface area contributed by atoms with E-state index in [0.29, 0.717) is 21.3 Å². The van der Waals surface area contributed by atoms with E-state index in [1.165, 1.54) is 11.9 Å². The van der Waals surface area contributed by atoms with Gasteiger partial charge in [-0.25, -0.2) is 8.42 Å². The molecule has 32 heavy (non-hydrogen) atoms. The summed E-state index contributed by atoms with van der Waals surface area (Å²) in [7, 11) is -2.29. The average molecular weight is 500 g/mol. The van der Waals surface area contributed by atoms with Crippen LogP contribution in [0.5, 0.6) is 0 Å². The first-order valence-corrected chi connectivity index (χ1v) is 12.6. The Morgan fingerprint density at radius 3 is 2.12 bits per heavy atom. The number of carbonyl (C=O) groups excluding carboxylic acids is 2. The minimum absolute atomic E-state index is 0.0523. The fraction of sp³-hybridized carbons (Fsp3) is 0.364. The predicted molar refractivity (Wildman–Crippen MR) is 129 cm³/mol. The molecule has 0 aliphatic rings. The summed E-state index contributed by atoms with van der Waals surface area (Å²) in [5.74, 6) is -0.909. The van der Waals surface area contributed by atoms with Gasteiger partial charge in [0.15, 0.2) is 0 Å². The lowest BCUT2D eigenvalue weighted by Crippen LogP contribution is -2.50. The molecule has 1 N–H and O–H groups in total. The maximum atomic E-state index is 13.3. The molecule has 7 nitrogen and oxygen atoms in total. The predicted octanol–water partition coefficient (Wildman–Crippen LogP) is 3.49. The fourth-order valence-electron chi connectivity index (χ4n) is 3.14. The Morgan fingerprint density at radius 2 is 1.62 bits per heavy atom. The number of amides is 2. The van der Waals surface area contributed by atoms with Crippen LogP contribution in [-0.2, 0) is 32.6 Å². The Kier molecular flexibility index (Phi) is 8.95. The Labute approximate surface area is 199 Å². The Hall–Kier alpha value is -2.29. The second-order valence-electron chi connectivity index (χ2n) is 7.35. The molecule has 0 radical (unpaired) electrons. The van der Waals surface area contributed by atoms with Crippen molar-refractivity contribution in [2.24, 2.45) is 0 Å². The van der Waals surface area contributed by atoms with E-state index >= 15 is 0 Å². The van der Waals surface area contributed by atoms with Crippen molar-refractivity contribution in [3.63, 3.8) is 0 Å². The Balaban J connectivity index is 2.38. The number of anilines is 1. The van der Waals surface area contributed by atoms with Crippen LogP contribution < -0.4 is 9.62 Å². The molecule has 0 bridgehead atoms. The van der Waals surface area contributed by atoms with Gasteiger partial charge in [-0.05, 0) is 48.7 Å². The highest BCUT2D eigenvalue weighted by molar-refractivity contribution is 7.92. The second-order valence-corrected chi connectivity index (χ2v) is 10.1. The summed E-state index contributed by atoms with van der Waals surface area (Å²) in [5, 5.41) is 3.21. The van der Waals surface area contributed by atoms with Crippen molar-refractivity contribution in [3.05, 3.63) is 63.6 Å². The first kappa shape index (κ1) is 26.0. The lowest BCUT2D eigenvalue weighted by Gasteiger charge is -2.31. The van der Waals surface area contributed by atoms with Crippen molar-refractivity contribution in [3.8, 4) is 0 Å². The molecule has 2 amide bonds. The number of halogens is 2. The van der Waals surface area contributed by atoms with E-state index in [2.05, 4.69) is 5.32 Å².